The summed E-state index contributed by atoms with van der Waals surface area (Å²) in [5.41, 5.74) is 3.21. The predicted octanol–water partition coefficient (Wildman–Crippen LogP) is 4.74. The van der Waals surface area contributed by atoms with Crippen LogP contribution in [0, 0.1) is 13.8 Å². The molecule has 0 saturated heterocycles. The van der Waals surface area contributed by atoms with Gasteiger partial charge < -0.3 is 5.11 Å². The van der Waals surface area contributed by atoms with Gasteiger partial charge in [-0.3, -0.25) is 0 Å². The van der Waals surface area contributed by atoms with Crippen molar-refractivity contribution in [1.29, 1.82) is 0 Å². The van der Waals surface area contributed by atoms with Gasteiger partial charge in [-0.25, -0.2) is 14.8 Å². The van der Waals surface area contributed by atoms with Crippen LogP contribution in [0.25, 0.3) is 0 Å². The molecule has 0 radical (unpaired) electrons. The first-order chi connectivity index (χ1) is 11.5. The van der Waals surface area contributed by atoms with Crippen LogP contribution in [-0.4, -0.2) is 21.0 Å². The van der Waals surface area contributed by atoms with Crippen LogP contribution in [0.4, 0.5) is 0 Å². The summed E-state index contributed by atoms with van der Waals surface area (Å²) in [5.74, 6) is 0.963. The topological polar surface area (TPSA) is 63.1 Å². The van der Waals surface area contributed by atoms with Gasteiger partial charge in [-0.05, 0) is 32.3 Å². The van der Waals surface area contributed by atoms with E-state index in [0.717, 1.165) is 18.7 Å². The Balaban J connectivity index is 1.88. The molecule has 126 valence electrons. The van der Waals surface area contributed by atoms with Crippen LogP contribution in [0.2, 0.25) is 0 Å². The van der Waals surface area contributed by atoms with Gasteiger partial charge in [0.25, 0.3) is 0 Å². The van der Waals surface area contributed by atoms with E-state index < -0.39 is 5.97 Å². The van der Waals surface area contributed by atoms with Gasteiger partial charge in [0.1, 0.15) is 16.4 Å². The molecule has 1 heterocycles. The van der Waals surface area contributed by atoms with E-state index in [-0.39, 0.29) is 5.56 Å². The number of thioether (sulfide) groups is 1. The van der Waals surface area contributed by atoms with E-state index >= 15 is 0 Å². The normalized spacial score (nSPS) is 14.9. The molecule has 2 aromatic rings. The molecule has 1 fully saturated rings. The zero-order valence-corrected chi connectivity index (χ0v) is 14.9. The maximum Gasteiger partial charge on any atom is 0.340 e. The van der Waals surface area contributed by atoms with Gasteiger partial charge >= 0.3 is 5.97 Å². The van der Waals surface area contributed by atoms with Crippen LogP contribution in [0.1, 0.15) is 64.6 Å². The number of carboxylic acids is 1. The molecular formula is C19H22N2O2S. The zero-order chi connectivity index (χ0) is 17.1. The van der Waals surface area contributed by atoms with Crippen molar-refractivity contribution in [2.45, 2.75) is 56.2 Å². The van der Waals surface area contributed by atoms with Crippen LogP contribution < -0.4 is 0 Å². The molecule has 4 nitrogen and oxygen atoms in total. The van der Waals surface area contributed by atoms with E-state index in [1.807, 2.05) is 0 Å². The second kappa shape index (κ2) is 7.34. The van der Waals surface area contributed by atoms with Crippen molar-refractivity contribution in [3.05, 3.63) is 52.5 Å². The van der Waals surface area contributed by atoms with Crippen molar-refractivity contribution in [3.63, 3.8) is 0 Å². The molecule has 3 rings (SSSR count). The van der Waals surface area contributed by atoms with Crippen LogP contribution in [-0.2, 0) is 5.75 Å². The molecule has 24 heavy (non-hydrogen) atoms. The number of rotatable bonds is 5. The van der Waals surface area contributed by atoms with E-state index in [1.54, 1.807) is 6.92 Å². The number of carbonyl (C=O) groups is 1. The Bertz CT molecular complexity index is 738. The zero-order valence-electron chi connectivity index (χ0n) is 14.1. The fraction of sp³-hybridized carbons (Fsp3) is 0.421. The molecule has 0 unspecified atom stereocenters. The molecule has 0 amide bonds. The van der Waals surface area contributed by atoms with E-state index in [4.69, 9.17) is 0 Å². The molecule has 1 N–H and O–H groups in total. The summed E-state index contributed by atoms with van der Waals surface area (Å²) in [6, 6.07) is 8.30. The summed E-state index contributed by atoms with van der Waals surface area (Å²) in [7, 11) is 0. The van der Waals surface area contributed by atoms with Crippen LogP contribution >= 0.6 is 11.8 Å². The maximum absolute atomic E-state index is 11.6. The van der Waals surface area contributed by atoms with Gasteiger partial charge in [-0.2, -0.15) is 0 Å². The molecule has 1 aromatic carbocycles. The lowest BCUT2D eigenvalue weighted by Crippen LogP contribution is -2.11. The SMILES string of the molecule is Cc1ccc(CSc2nc(C3CCCC3)nc(C)c2C(=O)O)cc1. The van der Waals surface area contributed by atoms with Crippen molar-refractivity contribution >= 4 is 17.7 Å². The predicted molar refractivity (Wildman–Crippen MR) is 95.7 cm³/mol. The van der Waals surface area contributed by atoms with Crippen molar-refractivity contribution in [2.24, 2.45) is 0 Å². The highest BCUT2D eigenvalue weighted by Crippen LogP contribution is 2.34. The molecule has 1 saturated carbocycles. The number of aromatic carboxylic acids is 1. The summed E-state index contributed by atoms with van der Waals surface area (Å²) in [6.07, 6.45) is 4.63. The highest BCUT2D eigenvalue weighted by atomic mass is 32.2. The highest BCUT2D eigenvalue weighted by Gasteiger charge is 2.24. The number of aryl methyl sites for hydroxylation is 2. The molecule has 1 aliphatic rings. The minimum Gasteiger partial charge on any atom is -0.478 e. The van der Waals surface area contributed by atoms with Gasteiger partial charge in [0.05, 0.1) is 5.69 Å². The second-order valence-electron chi connectivity index (χ2n) is 6.41. The number of hydrogen-bond donors (Lipinski definition) is 1. The van der Waals surface area contributed by atoms with Crippen molar-refractivity contribution in [1.82, 2.24) is 9.97 Å². The number of aromatic nitrogens is 2. The Labute approximate surface area is 146 Å². The Hall–Kier alpha value is -1.88. The lowest BCUT2D eigenvalue weighted by atomic mass is 10.1. The van der Waals surface area contributed by atoms with E-state index in [1.165, 1.54) is 35.7 Å². The Morgan fingerprint density at radius 2 is 1.83 bits per heavy atom. The van der Waals surface area contributed by atoms with Crippen LogP contribution in [0.3, 0.4) is 0 Å². The third-order valence-corrected chi connectivity index (χ3v) is 5.55. The maximum atomic E-state index is 11.6. The summed E-state index contributed by atoms with van der Waals surface area (Å²) in [5, 5.41) is 10.1. The molecule has 0 aliphatic heterocycles. The summed E-state index contributed by atoms with van der Waals surface area (Å²) < 4.78 is 0. The fourth-order valence-electron chi connectivity index (χ4n) is 3.12. The molecule has 1 aromatic heterocycles. The minimum absolute atomic E-state index is 0.244. The molecule has 0 atom stereocenters. The Morgan fingerprint density at radius 3 is 2.46 bits per heavy atom. The third kappa shape index (κ3) is 3.78. The van der Waals surface area contributed by atoms with Crippen molar-refractivity contribution in [3.8, 4) is 0 Å². The van der Waals surface area contributed by atoms with Gasteiger partial charge in [-0.15, -0.1) is 11.8 Å². The van der Waals surface area contributed by atoms with Gasteiger partial charge in [0.2, 0.25) is 0 Å². The molecular weight excluding hydrogens is 320 g/mol. The smallest absolute Gasteiger partial charge is 0.340 e. The lowest BCUT2D eigenvalue weighted by Gasteiger charge is -2.13. The first-order valence-corrected chi connectivity index (χ1v) is 9.33. The van der Waals surface area contributed by atoms with Crippen LogP contribution in [0.15, 0.2) is 29.3 Å². The summed E-state index contributed by atoms with van der Waals surface area (Å²) >= 11 is 1.49. The van der Waals surface area contributed by atoms with Gasteiger partial charge in [-0.1, -0.05) is 42.7 Å². The van der Waals surface area contributed by atoms with E-state index in [0.29, 0.717) is 22.4 Å². The lowest BCUT2D eigenvalue weighted by molar-refractivity contribution is 0.0690. The minimum atomic E-state index is -0.947. The number of hydrogen-bond acceptors (Lipinski definition) is 4. The average Bonchev–Trinajstić information content (AvgIpc) is 3.08. The van der Waals surface area contributed by atoms with Crippen molar-refractivity contribution in [2.75, 3.05) is 0 Å². The number of nitrogens with zero attached hydrogens (tertiary/aromatic N) is 2. The van der Waals surface area contributed by atoms with E-state index in [2.05, 4.69) is 41.2 Å². The Kier molecular flexibility index (Phi) is 5.19. The van der Waals surface area contributed by atoms with Crippen molar-refractivity contribution < 1.29 is 9.90 Å². The van der Waals surface area contributed by atoms with E-state index in [9.17, 15) is 9.90 Å². The largest absolute Gasteiger partial charge is 0.478 e. The molecule has 1 aliphatic carbocycles. The number of benzene rings is 1. The number of carboxylic acid groups (broad SMARTS) is 1. The van der Waals surface area contributed by atoms with Gasteiger partial charge in [0, 0.05) is 11.7 Å². The third-order valence-electron chi connectivity index (χ3n) is 4.50. The molecule has 5 heteroatoms. The summed E-state index contributed by atoms with van der Waals surface area (Å²) in [6.45, 7) is 3.83. The molecule has 0 spiro atoms. The average molecular weight is 342 g/mol. The van der Waals surface area contributed by atoms with Crippen LogP contribution in [0.5, 0.6) is 0 Å². The van der Waals surface area contributed by atoms with Gasteiger partial charge in [0.15, 0.2) is 0 Å². The first-order valence-electron chi connectivity index (χ1n) is 8.35. The fourth-order valence-corrected chi connectivity index (χ4v) is 4.15. The molecule has 0 bridgehead atoms. The standard InChI is InChI=1S/C19H22N2O2S/c1-12-7-9-14(10-8-12)11-24-18-16(19(22)23)13(2)20-17(21-18)15-5-3-4-6-15/h7-10,15H,3-6,11H2,1-2H3,(H,22,23). The second-order valence-corrected chi connectivity index (χ2v) is 7.37. The quantitative estimate of drug-likeness (QED) is 0.628. The highest BCUT2D eigenvalue weighted by molar-refractivity contribution is 7.98. The first kappa shape index (κ1) is 17.0. The Morgan fingerprint density at radius 1 is 1.17 bits per heavy atom. The summed E-state index contributed by atoms with van der Waals surface area (Å²) in [4.78, 5) is 20.8. The monoisotopic (exact) mass is 342 g/mol.